The molecule has 1 aromatic carbocycles. The van der Waals surface area contributed by atoms with Crippen LogP contribution in [0.1, 0.15) is 5.56 Å². The fourth-order valence-corrected chi connectivity index (χ4v) is 0.818. The van der Waals surface area contributed by atoms with Crippen LogP contribution in [-0.2, 0) is 0 Å². The van der Waals surface area contributed by atoms with Gasteiger partial charge >= 0.3 is 0 Å². The van der Waals surface area contributed by atoms with E-state index in [4.69, 9.17) is 16.9 Å². The standard InChI is InChI=1S/C7H2ClF2N/c8-5-1-2-6(9)7(10)4(5)3-11/h1-2H. The van der Waals surface area contributed by atoms with Gasteiger partial charge in [0.1, 0.15) is 11.6 Å². The van der Waals surface area contributed by atoms with Crippen molar-refractivity contribution in [3.8, 4) is 6.07 Å². The fourth-order valence-electron chi connectivity index (χ4n) is 0.630. The van der Waals surface area contributed by atoms with E-state index in [-0.39, 0.29) is 5.02 Å². The molecule has 56 valence electrons. The Hall–Kier alpha value is -1.14. The van der Waals surface area contributed by atoms with Crippen LogP contribution >= 0.6 is 11.6 Å². The highest BCUT2D eigenvalue weighted by molar-refractivity contribution is 6.31. The Morgan fingerprint density at radius 3 is 2.45 bits per heavy atom. The molecule has 0 amide bonds. The molecule has 0 heterocycles. The molecular weight excluding hydrogens is 172 g/mol. The lowest BCUT2D eigenvalue weighted by Gasteiger charge is -1.95. The van der Waals surface area contributed by atoms with Crippen molar-refractivity contribution in [2.24, 2.45) is 0 Å². The van der Waals surface area contributed by atoms with E-state index < -0.39 is 17.2 Å². The van der Waals surface area contributed by atoms with E-state index >= 15 is 0 Å². The Bertz CT molecular complexity index is 330. The van der Waals surface area contributed by atoms with Gasteiger partial charge in [0.15, 0.2) is 11.6 Å². The molecule has 0 aromatic heterocycles. The van der Waals surface area contributed by atoms with Crippen LogP contribution in [0.25, 0.3) is 0 Å². The molecular formula is C7H2ClF2N. The monoisotopic (exact) mass is 173 g/mol. The van der Waals surface area contributed by atoms with Crippen LogP contribution in [-0.4, -0.2) is 0 Å². The SMILES string of the molecule is N#Cc1c(Cl)ccc(F)c1F. The topological polar surface area (TPSA) is 23.8 Å². The number of rotatable bonds is 0. The summed E-state index contributed by atoms with van der Waals surface area (Å²) in [4.78, 5) is 0. The molecule has 0 unspecified atom stereocenters. The molecule has 11 heavy (non-hydrogen) atoms. The molecule has 0 fully saturated rings. The van der Waals surface area contributed by atoms with Gasteiger partial charge in [-0.3, -0.25) is 0 Å². The van der Waals surface area contributed by atoms with Gasteiger partial charge in [-0.1, -0.05) is 11.6 Å². The molecule has 0 aliphatic carbocycles. The second-order valence-electron chi connectivity index (χ2n) is 1.83. The van der Waals surface area contributed by atoms with Gasteiger partial charge in [-0.2, -0.15) is 5.26 Å². The maximum Gasteiger partial charge on any atom is 0.178 e. The molecule has 0 aliphatic heterocycles. The van der Waals surface area contributed by atoms with E-state index in [1.165, 1.54) is 6.07 Å². The van der Waals surface area contributed by atoms with Crippen molar-refractivity contribution in [3.05, 3.63) is 34.4 Å². The zero-order chi connectivity index (χ0) is 8.43. The molecule has 0 N–H and O–H groups in total. The molecule has 0 spiro atoms. The Balaban J connectivity index is 3.44. The van der Waals surface area contributed by atoms with E-state index in [1.807, 2.05) is 0 Å². The quantitative estimate of drug-likeness (QED) is 0.553. The van der Waals surface area contributed by atoms with Crippen molar-refractivity contribution in [1.82, 2.24) is 0 Å². The number of halogens is 3. The number of nitriles is 1. The Morgan fingerprint density at radius 1 is 1.36 bits per heavy atom. The highest BCUT2D eigenvalue weighted by Gasteiger charge is 2.10. The van der Waals surface area contributed by atoms with E-state index in [0.29, 0.717) is 0 Å². The Labute approximate surface area is 66.8 Å². The Morgan fingerprint density at radius 2 is 2.00 bits per heavy atom. The summed E-state index contributed by atoms with van der Waals surface area (Å²) in [6.45, 7) is 0. The van der Waals surface area contributed by atoms with Crippen molar-refractivity contribution in [1.29, 1.82) is 5.26 Å². The predicted molar refractivity (Wildman–Crippen MR) is 36.1 cm³/mol. The van der Waals surface area contributed by atoms with Crippen LogP contribution in [0.15, 0.2) is 12.1 Å². The zero-order valence-corrected chi connectivity index (χ0v) is 5.99. The van der Waals surface area contributed by atoms with E-state index in [0.717, 1.165) is 12.1 Å². The first kappa shape index (κ1) is 7.96. The van der Waals surface area contributed by atoms with Crippen molar-refractivity contribution in [3.63, 3.8) is 0 Å². The molecule has 0 aliphatic rings. The minimum absolute atomic E-state index is 0.0774. The maximum absolute atomic E-state index is 12.6. The van der Waals surface area contributed by atoms with Crippen LogP contribution in [0.3, 0.4) is 0 Å². The molecule has 1 nitrogen and oxygen atoms in total. The minimum atomic E-state index is -1.19. The predicted octanol–water partition coefficient (Wildman–Crippen LogP) is 2.49. The van der Waals surface area contributed by atoms with Gasteiger partial charge in [0.05, 0.1) is 5.02 Å². The second kappa shape index (κ2) is 2.85. The lowest BCUT2D eigenvalue weighted by molar-refractivity contribution is 0.506. The van der Waals surface area contributed by atoms with Gasteiger partial charge in [-0.25, -0.2) is 8.78 Å². The average molecular weight is 174 g/mol. The third-order valence-corrected chi connectivity index (χ3v) is 1.47. The van der Waals surface area contributed by atoms with Crippen LogP contribution in [0.5, 0.6) is 0 Å². The summed E-state index contributed by atoms with van der Waals surface area (Å²) in [6.07, 6.45) is 0. The lowest BCUT2D eigenvalue weighted by atomic mass is 10.2. The number of hydrogen-bond donors (Lipinski definition) is 0. The van der Waals surface area contributed by atoms with Gasteiger partial charge < -0.3 is 0 Å². The second-order valence-corrected chi connectivity index (χ2v) is 2.24. The van der Waals surface area contributed by atoms with Crippen LogP contribution in [0.4, 0.5) is 8.78 Å². The summed E-state index contributed by atoms with van der Waals surface area (Å²) in [5.41, 5.74) is -0.452. The number of nitrogens with zero attached hydrogens (tertiary/aromatic N) is 1. The summed E-state index contributed by atoms with van der Waals surface area (Å²) in [7, 11) is 0. The van der Waals surface area contributed by atoms with Gasteiger partial charge in [0.2, 0.25) is 0 Å². The molecule has 0 saturated heterocycles. The summed E-state index contributed by atoms with van der Waals surface area (Å²) in [5, 5.41) is 8.21. The summed E-state index contributed by atoms with van der Waals surface area (Å²) in [6, 6.07) is 3.47. The number of benzene rings is 1. The highest BCUT2D eigenvalue weighted by Crippen LogP contribution is 2.19. The van der Waals surface area contributed by atoms with Gasteiger partial charge in [-0.05, 0) is 12.1 Å². The molecule has 0 bridgehead atoms. The lowest BCUT2D eigenvalue weighted by Crippen LogP contribution is -1.89. The fraction of sp³-hybridized carbons (Fsp3) is 0. The van der Waals surface area contributed by atoms with Gasteiger partial charge in [0, 0.05) is 0 Å². The molecule has 0 atom stereocenters. The summed E-state index contributed by atoms with van der Waals surface area (Å²) >= 11 is 5.37. The molecule has 1 rings (SSSR count). The first-order valence-corrected chi connectivity index (χ1v) is 3.08. The highest BCUT2D eigenvalue weighted by atomic mass is 35.5. The molecule has 1 aromatic rings. The summed E-state index contributed by atoms with van der Waals surface area (Å²) < 4.78 is 24.9. The van der Waals surface area contributed by atoms with Crippen molar-refractivity contribution < 1.29 is 8.78 Å². The first-order valence-electron chi connectivity index (χ1n) is 2.70. The largest absolute Gasteiger partial charge is 0.204 e. The van der Waals surface area contributed by atoms with Crippen LogP contribution in [0.2, 0.25) is 5.02 Å². The smallest absolute Gasteiger partial charge is 0.178 e. The molecule has 0 saturated carbocycles. The first-order chi connectivity index (χ1) is 5.16. The van der Waals surface area contributed by atoms with E-state index in [9.17, 15) is 8.78 Å². The van der Waals surface area contributed by atoms with Crippen LogP contribution < -0.4 is 0 Å². The molecule has 4 heteroatoms. The molecule has 0 radical (unpaired) electrons. The average Bonchev–Trinajstić information content (AvgIpc) is 1.99. The minimum Gasteiger partial charge on any atom is -0.204 e. The summed E-state index contributed by atoms with van der Waals surface area (Å²) in [5.74, 6) is -2.26. The normalized spacial score (nSPS) is 9.27. The van der Waals surface area contributed by atoms with Gasteiger partial charge in [-0.15, -0.1) is 0 Å². The third-order valence-electron chi connectivity index (χ3n) is 1.16. The van der Waals surface area contributed by atoms with Crippen molar-refractivity contribution in [2.45, 2.75) is 0 Å². The number of hydrogen-bond acceptors (Lipinski definition) is 1. The maximum atomic E-state index is 12.6. The third kappa shape index (κ3) is 1.31. The van der Waals surface area contributed by atoms with E-state index in [2.05, 4.69) is 0 Å². The zero-order valence-electron chi connectivity index (χ0n) is 5.24. The van der Waals surface area contributed by atoms with E-state index in [1.54, 1.807) is 0 Å². The van der Waals surface area contributed by atoms with Crippen LogP contribution in [0, 0.1) is 23.0 Å². The van der Waals surface area contributed by atoms with Gasteiger partial charge in [0.25, 0.3) is 0 Å². The van der Waals surface area contributed by atoms with Crippen molar-refractivity contribution >= 4 is 11.6 Å². The Kier molecular flexibility index (Phi) is 2.06. The van der Waals surface area contributed by atoms with Crippen molar-refractivity contribution in [2.75, 3.05) is 0 Å².